The van der Waals surface area contributed by atoms with Crippen LogP contribution in [0.1, 0.15) is 64.7 Å². The zero-order valence-electron chi connectivity index (χ0n) is 26.2. The van der Waals surface area contributed by atoms with Crippen molar-refractivity contribution < 1.29 is 37.9 Å². The van der Waals surface area contributed by atoms with E-state index in [9.17, 15) is 37.9 Å². The monoisotopic (exact) mass is 698 g/mol. The number of carbonyl (C=O) groups is 4. The molecule has 4 aliphatic heterocycles. The Morgan fingerprint density at radius 3 is 2.60 bits per heavy atom. The van der Waals surface area contributed by atoms with Gasteiger partial charge in [0, 0.05) is 67.8 Å². The third-order valence-corrected chi connectivity index (χ3v) is 12.0. The number of fused-ring (bicyclic) bond motifs is 2. The number of aromatic nitrogens is 1. The maximum Gasteiger partial charge on any atom is 0.363 e. The number of nitrogens with one attached hydrogen (secondary N) is 1. The largest absolute Gasteiger partial charge is 0.363 e. The number of likely N-dealkylation sites (N-methyl/N-ethyl adjacent to an activating group) is 1. The van der Waals surface area contributed by atoms with E-state index in [0.717, 1.165) is 29.0 Å². The number of hydrogen-bond acceptors (Lipinski definition) is 7. The zero-order chi connectivity index (χ0) is 33.9. The molecule has 0 saturated carbocycles. The van der Waals surface area contributed by atoms with Gasteiger partial charge in [-0.15, -0.1) is 11.3 Å². The topological polar surface area (TPSA) is 164 Å². The van der Waals surface area contributed by atoms with Crippen LogP contribution in [0.2, 0.25) is 0 Å². The standard InChI is InChI=1S/C32H36FN6O7PS/c1-36-11-12-38(32(36)43)24-9-10-34-15-22(24)20-16-37(17-20)31(42)25-7-6-21-3-2-4-23(30(41)39(21)25)35-29(40)27-14-19-13-18(5-8-26(19)48-27)28(33)47(44,45)46/h5,8-10,13-15,20-21,23,25,28H,2-4,6-7,11-12,16-17H2,1H3,(H,35,40)(H2,44,45,46)/t21-,23-,25-,28-/m0/s1. The molecule has 4 atom stereocenters. The minimum atomic E-state index is -4.99. The summed E-state index contributed by atoms with van der Waals surface area (Å²) in [5.74, 6) is -3.33. The van der Waals surface area contributed by atoms with E-state index in [1.54, 1.807) is 39.0 Å². The molecule has 0 bridgehead atoms. The van der Waals surface area contributed by atoms with Crippen LogP contribution in [0.5, 0.6) is 0 Å². The van der Waals surface area contributed by atoms with Crippen LogP contribution in [-0.2, 0) is 14.2 Å². The van der Waals surface area contributed by atoms with Gasteiger partial charge in [0.05, 0.1) is 10.6 Å². The van der Waals surface area contributed by atoms with Crippen molar-refractivity contribution in [2.24, 2.45) is 0 Å². The van der Waals surface area contributed by atoms with Crippen LogP contribution in [0.15, 0.2) is 42.7 Å². The van der Waals surface area contributed by atoms with Crippen molar-refractivity contribution in [2.45, 2.75) is 62.1 Å². The molecule has 4 fully saturated rings. The SMILES string of the molecule is CN1CCN(c2ccncc2C2CN(C(=O)[C@@H]3CC[C@@H]4CCC[C@H](NC(=O)c5cc6cc([C@@H](F)P(=O)(O)O)ccc6s5)C(=O)N43)C2)C1=O. The second-order valence-electron chi connectivity index (χ2n) is 13.0. The molecule has 13 nitrogen and oxygen atoms in total. The second kappa shape index (κ2) is 12.5. The van der Waals surface area contributed by atoms with Crippen molar-refractivity contribution in [3.63, 3.8) is 0 Å². The number of urea groups is 1. The number of amides is 5. The lowest BCUT2D eigenvalue weighted by Gasteiger charge is -2.43. The number of anilines is 1. The van der Waals surface area contributed by atoms with E-state index in [4.69, 9.17) is 0 Å². The highest BCUT2D eigenvalue weighted by atomic mass is 32.1. The summed E-state index contributed by atoms with van der Waals surface area (Å²) in [5, 5.41) is 3.32. The molecule has 3 N–H and O–H groups in total. The molecule has 16 heteroatoms. The average Bonchev–Trinajstić information content (AvgIpc) is 3.73. The number of halogens is 1. The van der Waals surface area contributed by atoms with E-state index in [1.807, 2.05) is 6.07 Å². The van der Waals surface area contributed by atoms with Crippen LogP contribution in [0.4, 0.5) is 14.9 Å². The quantitative estimate of drug-likeness (QED) is 0.316. The van der Waals surface area contributed by atoms with Gasteiger partial charge in [0.1, 0.15) is 12.1 Å². The molecule has 0 aliphatic carbocycles. The van der Waals surface area contributed by atoms with Gasteiger partial charge in [-0.3, -0.25) is 28.8 Å². The number of alkyl halides is 1. The predicted molar refractivity (Wildman–Crippen MR) is 175 cm³/mol. The summed E-state index contributed by atoms with van der Waals surface area (Å²) in [4.78, 5) is 83.6. The molecule has 1 aromatic carbocycles. The Hall–Kier alpha value is -3.91. The predicted octanol–water partition coefficient (Wildman–Crippen LogP) is 3.58. The smallest absolute Gasteiger partial charge is 0.340 e. The van der Waals surface area contributed by atoms with Gasteiger partial charge in [-0.1, -0.05) is 6.07 Å². The number of benzene rings is 1. The van der Waals surface area contributed by atoms with E-state index in [0.29, 0.717) is 61.9 Å². The Bertz CT molecular complexity index is 1850. The Morgan fingerprint density at radius 1 is 1.08 bits per heavy atom. The Balaban J connectivity index is 1.02. The lowest BCUT2D eigenvalue weighted by molar-refractivity contribution is -0.148. The van der Waals surface area contributed by atoms with Gasteiger partial charge in [0.2, 0.25) is 17.7 Å². The van der Waals surface area contributed by atoms with Gasteiger partial charge in [0.15, 0.2) is 0 Å². The Kier molecular flexibility index (Phi) is 8.51. The molecule has 6 heterocycles. The summed E-state index contributed by atoms with van der Waals surface area (Å²) < 4.78 is 26.3. The van der Waals surface area contributed by atoms with Gasteiger partial charge in [-0.2, -0.15) is 0 Å². The van der Waals surface area contributed by atoms with Gasteiger partial charge < -0.3 is 29.8 Å². The van der Waals surface area contributed by atoms with Crippen LogP contribution >= 0.6 is 18.9 Å². The van der Waals surface area contributed by atoms with Crippen molar-refractivity contribution in [1.82, 2.24) is 25.0 Å². The summed E-state index contributed by atoms with van der Waals surface area (Å²) >= 11 is 1.13. The third kappa shape index (κ3) is 5.86. The highest BCUT2D eigenvalue weighted by molar-refractivity contribution is 7.51. The second-order valence-corrected chi connectivity index (χ2v) is 15.7. The summed E-state index contributed by atoms with van der Waals surface area (Å²) in [6, 6.07) is 5.88. The Labute approximate surface area is 279 Å². The first-order chi connectivity index (χ1) is 22.9. The van der Waals surface area contributed by atoms with E-state index in [2.05, 4.69) is 10.3 Å². The van der Waals surface area contributed by atoms with Gasteiger partial charge in [-0.05, 0) is 67.3 Å². The van der Waals surface area contributed by atoms with Crippen LogP contribution in [0.25, 0.3) is 10.1 Å². The molecule has 5 amide bonds. The molecule has 0 spiro atoms. The van der Waals surface area contributed by atoms with Crippen molar-refractivity contribution in [2.75, 3.05) is 38.1 Å². The molecule has 254 valence electrons. The molecule has 3 aromatic rings. The lowest BCUT2D eigenvalue weighted by Crippen LogP contribution is -2.58. The fourth-order valence-electron chi connectivity index (χ4n) is 7.38. The van der Waals surface area contributed by atoms with Crippen molar-refractivity contribution in [3.8, 4) is 0 Å². The van der Waals surface area contributed by atoms with Crippen LogP contribution in [0.3, 0.4) is 0 Å². The first-order valence-electron chi connectivity index (χ1n) is 16.0. The highest BCUT2D eigenvalue weighted by Crippen LogP contribution is 2.53. The first-order valence-corrected chi connectivity index (χ1v) is 18.5. The molecular formula is C32H36FN6O7PS. The van der Waals surface area contributed by atoms with E-state index >= 15 is 0 Å². The number of carbonyl (C=O) groups excluding carboxylic acids is 4. The maximum atomic E-state index is 14.3. The first kappa shape index (κ1) is 32.6. The molecule has 4 saturated heterocycles. The summed E-state index contributed by atoms with van der Waals surface area (Å²) in [7, 11) is -3.22. The van der Waals surface area contributed by atoms with Crippen molar-refractivity contribution in [3.05, 3.63) is 58.7 Å². The molecule has 48 heavy (non-hydrogen) atoms. The van der Waals surface area contributed by atoms with Crippen molar-refractivity contribution >= 4 is 58.5 Å². The fourth-order valence-corrected chi connectivity index (χ4v) is 8.87. The average molecular weight is 699 g/mol. The minimum absolute atomic E-state index is 0.0189. The van der Waals surface area contributed by atoms with Gasteiger partial charge in [0.25, 0.3) is 5.91 Å². The molecule has 2 aromatic heterocycles. The van der Waals surface area contributed by atoms with Crippen LogP contribution in [0, 0.1) is 0 Å². The number of likely N-dealkylation sites (tertiary alicyclic amines) is 1. The molecule has 7 rings (SSSR count). The number of thiophene rings is 1. The molecular weight excluding hydrogens is 662 g/mol. The summed E-state index contributed by atoms with van der Waals surface area (Å²) in [6.07, 6.45) is 6.55. The van der Waals surface area contributed by atoms with E-state index < -0.39 is 31.5 Å². The van der Waals surface area contributed by atoms with E-state index in [1.165, 1.54) is 24.3 Å². The third-order valence-electron chi connectivity index (χ3n) is 9.98. The Morgan fingerprint density at radius 2 is 1.88 bits per heavy atom. The van der Waals surface area contributed by atoms with Gasteiger partial charge >= 0.3 is 13.6 Å². The van der Waals surface area contributed by atoms with Gasteiger partial charge in [-0.25, -0.2) is 9.18 Å². The van der Waals surface area contributed by atoms with E-state index in [-0.39, 0.29) is 40.2 Å². The normalized spacial score (nSPS) is 24.1. The summed E-state index contributed by atoms with van der Waals surface area (Å²) in [6.45, 7) is 2.15. The number of hydrogen-bond donors (Lipinski definition) is 3. The zero-order valence-corrected chi connectivity index (χ0v) is 27.9. The number of nitrogens with zero attached hydrogens (tertiary/aromatic N) is 5. The number of rotatable bonds is 7. The number of pyridine rings is 1. The van der Waals surface area contributed by atoms with Crippen LogP contribution < -0.4 is 10.2 Å². The minimum Gasteiger partial charge on any atom is -0.340 e. The molecule has 0 radical (unpaired) electrons. The summed E-state index contributed by atoms with van der Waals surface area (Å²) in [5.41, 5.74) is 1.55. The fraction of sp³-hybridized carbons (Fsp3) is 0.469. The highest BCUT2D eigenvalue weighted by Gasteiger charge is 2.48. The molecule has 4 aliphatic rings. The van der Waals surface area contributed by atoms with Crippen LogP contribution in [-0.4, -0.2) is 105 Å². The lowest BCUT2D eigenvalue weighted by atomic mass is 9.90. The van der Waals surface area contributed by atoms with Crippen molar-refractivity contribution in [1.29, 1.82) is 0 Å². The molecule has 0 unspecified atom stereocenters. The maximum absolute atomic E-state index is 14.3.